The van der Waals surface area contributed by atoms with Crippen molar-refractivity contribution in [1.29, 1.82) is 0 Å². The van der Waals surface area contributed by atoms with Crippen LogP contribution >= 0.6 is 0 Å². The van der Waals surface area contributed by atoms with E-state index in [0.29, 0.717) is 19.6 Å². The second kappa shape index (κ2) is 6.72. The minimum absolute atomic E-state index is 0.0786. The topological polar surface area (TPSA) is 83.9 Å². The maximum Gasteiger partial charge on any atom is 0.335 e. The highest BCUT2D eigenvalue weighted by molar-refractivity contribution is 7.89. The SMILES string of the molecule is COCC1CCCN(S(=O)(=O)c2ccc(C(=O)O)cc2F)C1. The van der Waals surface area contributed by atoms with Crippen molar-refractivity contribution >= 4 is 16.0 Å². The third-order valence-corrected chi connectivity index (χ3v) is 5.58. The molecule has 0 amide bonds. The zero-order chi connectivity index (χ0) is 16.3. The number of rotatable bonds is 5. The molecule has 1 unspecified atom stereocenters. The van der Waals surface area contributed by atoms with Crippen LogP contribution < -0.4 is 0 Å². The summed E-state index contributed by atoms with van der Waals surface area (Å²) in [5.74, 6) is -2.27. The number of carbonyl (C=O) groups is 1. The van der Waals surface area contributed by atoms with E-state index in [2.05, 4.69) is 0 Å². The van der Waals surface area contributed by atoms with Gasteiger partial charge in [0, 0.05) is 20.2 Å². The summed E-state index contributed by atoms with van der Waals surface area (Å²) in [6, 6.07) is 2.83. The third-order valence-electron chi connectivity index (χ3n) is 3.68. The molecule has 1 aromatic rings. The van der Waals surface area contributed by atoms with Crippen LogP contribution in [0.5, 0.6) is 0 Å². The normalized spacial score (nSPS) is 20.0. The van der Waals surface area contributed by atoms with Crippen LogP contribution in [0, 0.1) is 11.7 Å². The van der Waals surface area contributed by atoms with Crippen molar-refractivity contribution in [1.82, 2.24) is 4.31 Å². The Labute approximate surface area is 128 Å². The Bertz CT molecular complexity index is 659. The number of hydrogen-bond donors (Lipinski definition) is 1. The van der Waals surface area contributed by atoms with Crippen LogP contribution in [0.2, 0.25) is 0 Å². The zero-order valence-electron chi connectivity index (χ0n) is 12.2. The molecule has 0 bridgehead atoms. The minimum atomic E-state index is -3.98. The van der Waals surface area contributed by atoms with Crippen LogP contribution in [-0.2, 0) is 14.8 Å². The summed E-state index contributed by atoms with van der Waals surface area (Å²) in [5.41, 5.74) is -0.285. The summed E-state index contributed by atoms with van der Waals surface area (Å²) in [6.45, 7) is 1.05. The van der Waals surface area contributed by atoms with E-state index in [1.54, 1.807) is 7.11 Å². The highest BCUT2D eigenvalue weighted by atomic mass is 32.2. The average Bonchev–Trinajstić information content (AvgIpc) is 2.47. The summed E-state index contributed by atoms with van der Waals surface area (Å²) < 4.78 is 45.4. The van der Waals surface area contributed by atoms with Gasteiger partial charge in [0.2, 0.25) is 10.0 Å². The molecule has 22 heavy (non-hydrogen) atoms. The molecule has 2 rings (SSSR count). The lowest BCUT2D eigenvalue weighted by atomic mass is 10.0. The standard InChI is InChI=1S/C14H18FNO5S/c1-21-9-10-3-2-6-16(8-10)22(19,20)13-5-4-11(14(17)18)7-12(13)15/h4-5,7,10H,2-3,6,8-9H2,1H3,(H,17,18). The Morgan fingerprint density at radius 3 is 2.82 bits per heavy atom. The monoisotopic (exact) mass is 331 g/mol. The van der Waals surface area contributed by atoms with E-state index in [4.69, 9.17) is 9.84 Å². The summed E-state index contributed by atoms with van der Waals surface area (Å²) in [5, 5.41) is 8.81. The average molecular weight is 331 g/mol. The number of hydrogen-bond acceptors (Lipinski definition) is 4. The van der Waals surface area contributed by atoms with Gasteiger partial charge in [-0.3, -0.25) is 0 Å². The Balaban J connectivity index is 2.28. The van der Waals surface area contributed by atoms with Gasteiger partial charge in [0.05, 0.1) is 12.2 Å². The van der Waals surface area contributed by atoms with Gasteiger partial charge in [0.25, 0.3) is 0 Å². The molecule has 1 heterocycles. The van der Waals surface area contributed by atoms with Gasteiger partial charge in [-0.2, -0.15) is 4.31 Å². The van der Waals surface area contributed by atoms with Gasteiger partial charge in [-0.25, -0.2) is 17.6 Å². The second-order valence-corrected chi connectivity index (χ2v) is 7.18. The van der Waals surface area contributed by atoms with Crippen LogP contribution in [0.3, 0.4) is 0 Å². The van der Waals surface area contributed by atoms with Crippen molar-refractivity contribution in [3.63, 3.8) is 0 Å². The fourth-order valence-corrected chi connectivity index (χ4v) is 4.20. The van der Waals surface area contributed by atoms with Gasteiger partial charge in [-0.15, -0.1) is 0 Å². The second-order valence-electron chi connectivity index (χ2n) is 5.28. The van der Waals surface area contributed by atoms with E-state index in [-0.39, 0.29) is 18.0 Å². The van der Waals surface area contributed by atoms with Crippen LogP contribution in [0.15, 0.2) is 23.1 Å². The predicted molar refractivity (Wildman–Crippen MR) is 76.7 cm³/mol. The number of nitrogens with zero attached hydrogens (tertiary/aromatic N) is 1. The van der Waals surface area contributed by atoms with Crippen molar-refractivity contribution in [2.75, 3.05) is 26.8 Å². The molecule has 0 saturated carbocycles. The molecule has 1 aromatic carbocycles. The van der Waals surface area contributed by atoms with Crippen molar-refractivity contribution < 1.29 is 27.4 Å². The number of aromatic carboxylic acids is 1. The van der Waals surface area contributed by atoms with E-state index >= 15 is 0 Å². The van der Waals surface area contributed by atoms with Gasteiger partial charge in [-0.05, 0) is 37.0 Å². The summed E-state index contributed by atoms with van der Waals surface area (Å²) in [6.07, 6.45) is 1.54. The molecule has 1 saturated heterocycles. The van der Waals surface area contributed by atoms with Crippen LogP contribution in [0.4, 0.5) is 4.39 Å². The zero-order valence-corrected chi connectivity index (χ0v) is 13.0. The Hall–Kier alpha value is -1.51. The van der Waals surface area contributed by atoms with Gasteiger partial charge in [0.15, 0.2) is 0 Å². The molecule has 1 N–H and O–H groups in total. The van der Waals surface area contributed by atoms with Crippen molar-refractivity contribution in [2.24, 2.45) is 5.92 Å². The van der Waals surface area contributed by atoms with Crippen molar-refractivity contribution in [2.45, 2.75) is 17.7 Å². The number of benzene rings is 1. The maximum absolute atomic E-state index is 14.0. The quantitative estimate of drug-likeness (QED) is 0.885. The van der Waals surface area contributed by atoms with E-state index in [9.17, 15) is 17.6 Å². The van der Waals surface area contributed by atoms with Crippen LogP contribution in [0.25, 0.3) is 0 Å². The molecule has 1 aliphatic rings. The number of ether oxygens (including phenoxy) is 1. The van der Waals surface area contributed by atoms with E-state index < -0.39 is 26.7 Å². The first-order valence-electron chi connectivity index (χ1n) is 6.88. The molecule has 0 radical (unpaired) electrons. The molecule has 0 spiro atoms. The molecule has 122 valence electrons. The van der Waals surface area contributed by atoms with Crippen molar-refractivity contribution in [3.8, 4) is 0 Å². The number of carboxylic acid groups (broad SMARTS) is 1. The van der Waals surface area contributed by atoms with E-state index in [1.807, 2.05) is 0 Å². The van der Waals surface area contributed by atoms with Crippen molar-refractivity contribution in [3.05, 3.63) is 29.6 Å². The molecule has 1 fully saturated rings. The first-order chi connectivity index (χ1) is 10.4. The smallest absolute Gasteiger partial charge is 0.335 e. The Morgan fingerprint density at radius 2 is 2.23 bits per heavy atom. The summed E-state index contributed by atoms with van der Waals surface area (Å²) in [7, 11) is -2.42. The van der Waals surface area contributed by atoms with E-state index in [1.165, 1.54) is 4.31 Å². The first kappa shape index (κ1) is 16.9. The van der Waals surface area contributed by atoms with Gasteiger partial charge in [-0.1, -0.05) is 0 Å². The molecule has 8 heteroatoms. The molecular formula is C14H18FNO5S. The highest BCUT2D eigenvalue weighted by Crippen LogP contribution is 2.26. The van der Waals surface area contributed by atoms with Crippen LogP contribution in [-0.4, -0.2) is 50.6 Å². The Morgan fingerprint density at radius 1 is 1.50 bits per heavy atom. The fourth-order valence-electron chi connectivity index (χ4n) is 2.60. The van der Waals surface area contributed by atoms with Crippen LogP contribution in [0.1, 0.15) is 23.2 Å². The highest BCUT2D eigenvalue weighted by Gasteiger charge is 2.32. The lowest BCUT2D eigenvalue weighted by Gasteiger charge is -2.31. The fraction of sp³-hybridized carbons (Fsp3) is 0.500. The molecular weight excluding hydrogens is 313 g/mol. The maximum atomic E-state index is 14.0. The third kappa shape index (κ3) is 3.45. The molecule has 0 aromatic heterocycles. The molecule has 6 nitrogen and oxygen atoms in total. The summed E-state index contributed by atoms with van der Waals surface area (Å²) in [4.78, 5) is 10.3. The van der Waals surface area contributed by atoms with Gasteiger partial charge >= 0.3 is 5.97 Å². The number of carboxylic acids is 1. The van der Waals surface area contributed by atoms with Gasteiger partial charge < -0.3 is 9.84 Å². The number of methoxy groups -OCH3 is 1. The Kier molecular flexibility index (Phi) is 5.15. The summed E-state index contributed by atoms with van der Waals surface area (Å²) >= 11 is 0. The molecule has 0 aliphatic carbocycles. The molecule has 1 atom stereocenters. The van der Waals surface area contributed by atoms with Gasteiger partial charge in [0.1, 0.15) is 10.7 Å². The van der Waals surface area contributed by atoms with E-state index in [0.717, 1.165) is 24.6 Å². The largest absolute Gasteiger partial charge is 0.478 e. The minimum Gasteiger partial charge on any atom is -0.478 e. The first-order valence-corrected chi connectivity index (χ1v) is 8.32. The lowest BCUT2D eigenvalue weighted by Crippen LogP contribution is -2.41. The number of halogens is 1. The number of piperidine rings is 1. The number of sulfonamides is 1. The lowest BCUT2D eigenvalue weighted by molar-refractivity contribution is 0.0696. The predicted octanol–water partition coefficient (Wildman–Crippen LogP) is 1.57. The molecule has 1 aliphatic heterocycles.